The maximum Gasteiger partial charge on any atom is 0.274 e. The summed E-state index contributed by atoms with van der Waals surface area (Å²) in [5.41, 5.74) is 6.62. The lowest BCUT2D eigenvalue weighted by Gasteiger charge is -2.32. The van der Waals surface area contributed by atoms with Gasteiger partial charge in [0, 0.05) is 18.7 Å². The molecule has 2 amide bonds. The van der Waals surface area contributed by atoms with Crippen molar-refractivity contribution in [1.82, 2.24) is 14.7 Å². The lowest BCUT2D eigenvalue weighted by molar-refractivity contribution is 0.0629. The molecule has 23 heavy (non-hydrogen) atoms. The predicted molar refractivity (Wildman–Crippen MR) is 86.4 cm³/mol. The number of likely N-dealkylation sites (tertiary alicyclic amines) is 1. The van der Waals surface area contributed by atoms with Crippen molar-refractivity contribution < 1.29 is 9.59 Å². The number of nitrogens with two attached hydrogens (primary N) is 1. The van der Waals surface area contributed by atoms with E-state index in [1.54, 1.807) is 0 Å². The van der Waals surface area contributed by atoms with Crippen molar-refractivity contribution >= 4 is 11.8 Å². The zero-order chi connectivity index (χ0) is 16.4. The molecule has 1 saturated heterocycles. The molecule has 1 aromatic heterocycles. The highest BCUT2D eigenvalue weighted by molar-refractivity contribution is 5.97. The number of aromatic nitrogens is 2. The fourth-order valence-electron chi connectivity index (χ4n) is 2.97. The van der Waals surface area contributed by atoms with E-state index in [4.69, 9.17) is 5.73 Å². The predicted octanol–water partition coefficient (Wildman–Crippen LogP) is 1.99. The van der Waals surface area contributed by atoms with Crippen LogP contribution in [0.4, 0.5) is 0 Å². The molecule has 1 atom stereocenters. The molecule has 6 heteroatoms. The van der Waals surface area contributed by atoms with Gasteiger partial charge in [0.1, 0.15) is 5.69 Å². The summed E-state index contributed by atoms with van der Waals surface area (Å²) in [6.07, 6.45) is 3.13. The third kappa shape index (κ3) is 2.97. The summed E-state index contributed by atoms with van der Waals surface area (Å²) in [5.74, 6) is -0.749. The summed E-state index contributed by atoms with van der Waals surface area (Å²) in [4.78, 5) is 26.3. The Hall–Kier alpha value is -2.63. The highest BCUT2D eigenvalue weighted by Gasteiger charge is 2.27. The van der Waals surface area contributed by atoms with Crippen molar-refractivity contribution in [2.45, 2.75) is 32.2 Å². The molecule has 1 aliphatic heterocycles. The van der Waals surface area contributed by atoms with Crippen LogP contribution in [0.2, 0.25) is 0 Å². The van der Waals surface area contributed by atoms with Crippen LogP contribution in [0.1, 0.15) is 47.2 Å². The van der Waals surface area contributed by atoms with Crippen molar-refractivity contribution in [2.24, 2.45) is 5.73 Å². The van der Waals surface area contributed by atoms with Crippen LogP contribution in [-0.4, -0.2) is 39.1 Å². The van der Waals surface area contributed by atoms with Crippen LogP contribution in [0.5, 0.6) is 0 Å². The van der Waals surface area contributed by atoms with Gasteiger partial charge in [0.05, 0.1) is 5.69 Å². The molecule has 2 aromatic rings. The molecule has 0 aliphatic carbocycles. The van der Waals surface area contributed by atoms with E-state index in [9.17, 15) is 9.59 Å². The van der Waals surface area contributed by atoms with Gasteiger partial charge < -0.3 is 10.6 Å². The second-order valence-corrected chi connectivity index (χ2v) is 5.87. The van der Waals surface area contributed by atoms with Gasteiger partial charge in [-0.05, 0) is 38.3 Å². The molecule has 2 heterocycles. The Morgan fingerprint density at radius 1 is 1.22 bits per heavy atom. The number of benzene rings is 1. The number of hydrogen-bond acceptors (Lipinski definition) is 3. The third-order valence-corrected chi connectivity index (χ3v) is 4.25. The first-order valence-electron chi connectivity index (χ1n) is 7.84. The number of carbonyl (C=O) groups is 2. The van der Waals surface area contributed by atoms with Crippen molar-refractivity contribution in [3.63, 3.8) is 0 Å². The molecule has 0 saturated carbocycles. The maximum atomic E-state index is 12.7. The molecule has 1 fully saturated rings. The van der Waals surface area contributed by atoms with Crippen molar-refractivity contribution in [3.05, 3.63) is 47.8 Å². The largest absolute Gasteiger partial charge is 0.364 e. The van der Waals surface area contributed by atoms with E-state index in [1.165, 1.54) is 10.7 Å². The molecule has 0 bridgehead atoms. The number of primary amides is 1. The average Bonchev–Trinajstić information content (AvgIpc) is 3.01. The van der Waals surface area contributed by atoms with Crippen LogP contribution in [0.3, 0.4) is 0 Å². The van der Waals surface area contributed by atoms with E-state index >= 15 is 0 Å². The van der Waals surface area contributed by atoms with Crippen LogP contribution in [0.25, 0.3) is 5.69 Å². The molecule has 1 aliphatic rings. The Morgan fingerprint density at radius 3 is 2.61 bits per heavy atom. The fraction of sp³-hybridized carbons (Fsp3) is 0.353. The Bertz CT molecular complexity index is 723. The Morgan fingerprint density at radius 2 is 1.96 bits per heavy atom. The molecule has 3 rings (SSSR count). The molecule has 6 nitrogen and oxygen atoms in total. The Balaban J connectivity index is 1.98. The van der Waals surface area contributed by atoms with E-state index in [2.05, 4.69) is 5.10 Å². The molecule has 1 aromatic carbocycles. The number of nitrogens with zero attached hydrogens (tertiary/aromatic N) is 3. The minimum atomic E-state index is -0.605. The number of carbonyl (C=O) groups excluding carboxylic acids is 2. The van der Waals surface area contributed by atoms with Gasteiger partial charge in [-0.3, -0.25) is 9.59 Å². The highest BCUT2D eigenvalue weighted by atomic mass is 16.2. The molecule has 2 N–H and O–H groups in total. The molecule has 0 spiro atoms. The number of piperidine rings is 1. The van der Waals surface area contributed by atoms with Crippen LogP contribution in [-0.2, 0) is 0 Å². The smallest absolute Gasteiger partial charge is 0.274 e. The zero-order valence-electron chi connectivity index (χ0n) is 13.1. The molecule has 1 unspecified atom stereocenters. The number of rotatable bonds is 3. The average molecular weight is 312 g/mol. The van der Waals surface area contributed by atoms with Gasteiger partial charge >= 0.3 is 0 Å². The summed E-state index contributed by atoms with van der Waals surface area (Å²) >= 11 is 0. The van der Waals surface area contributed by atoms with E-state index < -0.39 is 5.91 Å². The monoisotopic (exact) mass is 312 g/mol. The standard InChI is InChI=1S/C17H20N4O2/c1-12-7-5-6-10-20(12)17(23)14-11-15(16(18)22)21(19-14)13-8-3-2-4-9-13/h2-4,8-9,11-12H,5-7,10H2,1H3,(H2,18,22). The minimum absolute atomic E-state index is 0.144. The lowest BCUT2D eigenvalue weighted by Crippen LogP contribution is -2.42. The van der Waals surface area contributed by atoms with Gasteiger partial charge in [-0.15, -0.1) is 0 Å². The van der Waals surface area contributed by atoms with Crippen molar-refractivity contribution in [2.75, 3.05) is 6.54 Å². The van der Waals surface area contributed by atoms with Crippen molar-refractivity contribution in [1.29, 1.82) is 0 Å². The van der Waals surface area contributed by atoms with Gasteiger partial charge in [0.25, 0.3) is 11.8 Å². The van der Waals surface area contributed by atoms with Gasteiger partial charge in [-0.1, -0.05) is 18.2 Å². The number of amides is 2. The van der Waals surface area contributed by atoms with Crippen LogP contribution >= 0.6 is 0 Å². The second kappa shape index (κ2) is 6.24. The number of hydrogen-bond donors (Lipinski definition) is 1. The summed E-state index contributed by atoms with van der Waals surface area (Å²) in [6, 6.07) is 10.9. The molecular formula is C17H20N4O2. The first-order chi connectivity index (χ1) is 11.1. The maximum absolute atomic E-state index is 12.7. The van der Waals surface area contributed by atoms with Crippen LogP contribution in [0.15, 0.2) is 36.4 Å². The van der Waals surface area contributed by atoms with Gasteiger partial charge in [0.2, 0.25) is 0 Å². The zero-order valence-corrected chi connectivity index (χ0v) is 13.1. The highest BCUT2D eigenvalue weighted by Crippen LogP contribution is 2.20. The lowest BCUT2D eigenvalue weighted by atomic mass is 10.0. The molecule has 0 radical (unpaired) electrons. The quantitative estimate of drug-likeness (QED) is 0.941. The first kappa shape index (κ1) is 15.3. The summed E-state index contributed by atoms with van der Waals surface area (Å²) in [5, 5.41) is 4.34. The first-order valence-corrected chi connectivity index (χ1v) is 7.84. The van der Waals surface area contributed by atoms with E-state index in [0.29, 0.717) is 5.69 Å². The van der Waals surface area contributed by atoms with Crippen LogP contribution in [0, 0.1) is 0 Å². The normalized spacial score (nSPS) is 18.0. The van der Waals surface area contributed by atoms with Crippen molar-refractivity contribution in [3.8, 4) is 5.69 Å². The SMILES string of the molecule is CC1CCCCN1C(=O)c1cc(C(N)=O)n(-c2ccccc2)n1. The Kier molecular flexibility index (Phi) is 4.14. The van der Waals surface area contributed by atoms with E-state index in [-0.39, 0.29) is 23.3 Å². The minimum Gasteiger partial charge on any atom is -0.364 e. The summed E-state index contributed by atoms with van der Waals surface area (Å²) in [6.45, 7) is 2.77. The summed E-state index contributed by atoms with van der Waals surface area (Å²) < 4.78 is 1.43. The van der Waals surface area contributed by atoms with Gasteiger partial charge in [-0.2, -0.15) is 5.10 Å². The van der Waals surface area contributed by atoms with E-state index in [0.717, 1.165) is 25.8 Å². The fourth-order valence-corrected chi connectivity index (χ4v) is 2.97. The third-order valence-electron chi connectivity index (χ3n) is 4.25. The summed E-state index contributed by atoms with van der Waals surface area (Å²) in [7, 11) is 0. The van der Waals surface area contributed by atoms with Gasteiger partial charge in [0.15, 0.2) is 5.69 Å². The second-order valence-electron chi connectivity index (χ2n) is 5.87. The molecule has 120 valence electrons. The number of para-hydroxylation sites is 1. The topological polar surface area (TPSA) is 81.2 Å². The van der Waals surface area contributed by atoms with E-state index in [1.807, 2.05) is 42.2 Å². The van der Waals surface area contributed by atoms with Gasteiger partial charge in [-0.25, -0.2) is 4.68 Å². The van der Waals surface area contributed by atoms with Crippen LogP contribution < -0.4 is 5.73 Å². The Labute approximate surface area is 134 Å². The molecular weight excluding hydrogens is 292 g/mol.